The van der Waals surface area contributed by atoms with Crippen molar-refractivity contribution in [2.75, 3.05) is 19.1 Å². The largest absolute Gasteiger partial charge is 0.507 e. The van der Waals surface area contributed by atoms with Gasteiger partial charge in [0.1, 0.15) is 17.6 Å². The molecule has 34 heavy (non-hydrogen) atoms. The van der Waals surface area contributed by atoms with Crippen LogP contribution in [-0.2, 0) is 0 Å². The summed E-state index contributed by atoms with van der Waals surface area (Å²) in [4.78, 5) is 13.9. The second-order valence-corrected chi connectivity index (χ2v) is 9.08. The molecule has 1 N–H and O–H groups in total. The van der Waals surface area contributed by atoms with E-state index in [1.54, 1.807) is 18.3 Å². The number of phenolic OH excluding ortho intramolecular Hbond substituents is 1. The van der Waals surface area contributed by atoms with E-state index >= 15 is 4.39 Å². The van der Waals surface area contributed by atoms with Crippen LogP contribution in [0.5, 0.6) is 11.8 Å². The molecular weight excluding hydrogens is 442 g/mol. The van der Waals surface area contributed by atoms with Crippen LogP contribution in [0.15, 0.2) is 30.6 Å². The lowest BCUT2D eigenvalue weighted by Gasteiger charge is -2.45. The summed E-state index contributed by atoms with van der Waals surface area (Å²) in [6, 6.07) is 4.32. The average Bonchev–Trinajstić information content (AvgIpc) is 2.86. The zero-order chi connectivity index (χ0) is 23.8. The topological polar surface area (TPSA) is 97.2 Å². The van der Waals surface area contributed by atoms with Gasteiger partial charge in [-0.1, -0.05) is 18.9 Å². The van der Waals surface area contributed by atoms with E-state index in [0.29, 0.717) is 22.9 Å². The Balaban J connectivity index is 1.36. The van der Waals surface area contributed by atoms with Crippen molar-refractivity contribution in [1.82, 2.24) is 25.1 Å². The summed E-state index contributed by atoms with van der Waals surface area (Å²) >= 11 is 0. The number of hydrogen-bond acceptors (Lipinski definition) is 8. The van der Waals surface area contributed by atoms with E-state index in [4.69, 9.17) is 4.74 Å². The van der Waals surface area contributed by atoms with Crippen molar-refractivity contribution in [3.8, 4) is 34.4 Å². The van der Waals surface area contributed by atoms with Crippen LogP contribution >= 0.6 is 0 Å². The normalized spacial score (nSPS) is 24.0. The predicted octanol–water partition coefficient (Wildman–Crippen LogP) is 4.20. The number of nitrogens with zero attached hydrogens (tertiary/aromatic N) is 6. The van der Waals surface area contributed by atoms with Crippen LogP contribution in [0, 0.1) is 17.7 Å². The number of methoxy groups -OCH3 is 1. The first kappa shape index (κ1) is 22.4. The van der Waals surface area contributed by atoms with E-state index in [1.807, 2.05) is 11.9 Å². The minimum atomic E-state index is -0.888. The highest BCUT2D eigenvalue weighted by Crippen LogP contribution is 2.43. The third kappa shape index (κ3) is 4.12. The molecule has 0 aliphatic heterocycles. The Kier molecular flexibility index (Phi) is 5.97. The molecule has 0 unspecified atom stereocenters. The molecule has 2 aliphatic rings. The molecule has 5 rings (SSSR count). The number of anilines is 1. The molecule has 0 amide bonds. The van der Waals surface area contributed by atoms with E-state index < -0.39 is 12.0 Å². The SMILES string of the molecule is COc1ncc(F)c(-c2ccc(-c3ncc(N(C)[C@H]4C[C@@H]5CCC[C@@H](C5)[C@H]4F)nn3)c(O)c2)n1. The Labute approximate surface area is 196 Å². The van der Waals surface area contributed by atoms with Crippen molar-refractivity contribution < 1.29 is 18.6 Å². The second-order valence-electron chi connectivity index (χ2n) is 9.08. The first-order valence-electron chi connectivity index (χ1n) is 11.4. The quantitative estimate of drug-likeness (QED) is 0.595. The van der Waals surface area contributed by atoms with Crippen LogP contribution < -0.4 is 9.64 Å². The van der Waals surface area contributed by atoms with Crippen LogP contribution in [0.3, 0.4) is 0 Å². The highest BCUT2D eigenvalue weighted by atomic mass is 19.1. The lowest BCUT2D eigenvalue weighted by molar-refractivity contribution is 0.0656. The highest BCUT2D eigenvalue weighted by Gasteiger charge is 2.42. The maximum atomic E-state index is 15.1. The molecule has 2 saturated carbocycles. The number of rotatable bonds is 5. The Morgan fingerprint density at radius 1 is 1.12 bits per heavy atom. The van der Waals surface area contributed by atoms with Crippen LogP contribution in [0.2, 0.25) is 0 Å². The van der Waals surface area contributed by atoms with Gasteiger partial charge in [0.05, 0.1) is 31.1 Å². The van der Waals surface area contributed by atoms with Gasteiger partial charge in [0.2, 0.25) is 0 Å². The van der Waals surface area contributed by atoms with Crippen LogP contribution in [0.1, 0.15) is 32.1 Å². The van der Waals surface area contributed by atoms with Crippen molar-refractivity contribution in [3.63, 3.8) is 0 Å². The van der Waals surface area contributed by atoms with Crippen LogP contribution in [-0.4, -0.2) is 56.6 Å². The van der Waals surface area contributed by atoms with Crippen LogP contribution in [0.25, 0.3) is 22.6 Å². The number of fused-ring (bicyclic) bond motifs is 2. The fourth-order valence-electron chi connectivity index (χ4n) is 5.24. The summed E-state index contributed by atoms with van der Waals surface area (Å²) in [7, 11) is 3.22. The van der Waals surface area contributed by atoms with Crippen molar-refractivity contribution in [1.29, 1.82) is 0 Å². The number of phenols is 1. The lowest BCUT2D eigenvalue weighted by Crippen LogP contribution is -2.49. The number of hydrogen-bond donors (Lipinski definition) is 1. The van der Waals surface area contributed by atoms with Gasteiger partial charge in [-0.3, -0.25) is 0 Å². The minimum Gasteiger partial charge on any atom is -0.507 e. The molecule has 0 radical (unpaired) electrons. The second kappa shape index (κ2) is 9.08. The Hall–Kier alpha value is -3.43. The third-order valence-electron chi connectivity index (χ3n) is 7.04. The molecule has 0 spiro atoms. The van der Waals surface area contributed by atoms with Gasteiger partial charge in [0.15, 0.2) is 17.5 Å². The lowest BCUT2D eigenvalue weighted by atomic mass is 9.69. The number of benzene rings is 1. The fraction of sp³-hybridized carbons (Fsp3) is 0.458. The molecule has 10 heteroatoms. The molecule has 2 aliphatic carbocycles. The van der Waals surface area contributed by atoms with Gasteiger partial charge in [-0.2, -0.15) is 4.98 Å². The summed E-state index contributed by atoms with van der Waals surface area (Å²) in [5.41, 5.74) is 0.686. The molecule has 2 bridgehead atoms. The molecule has 8 nitrogen and oxygen atoms in total. The van der Waals surface area contributed by atoms with E-state index in [1.165, 1.54) is 13.2 Å². The van der Waals surface area contributed by atoms with E-state index in [2.05, 4.69) is 25.1 Å². The van der Waals surface area contributed by atoms with E-state index in [9.17, 15) is 9.50 Å². The zero-order valence-electron chi connectivity index (χ0n) is 19.0. The number of aromatic hydroxyl groups is 1. The summed E-state index contributed by atoms with van der Waals surface area (Å²) in [5.74, 6) is 0.586. The number of aromatic nitrogens is 5. The summed E-state index contributed by atoms with van der Waals surface area (Å²) < 4.78 is 34.3. The Bertz CT molecular complexity index is 1180. The Morgan fingerprint density at radius 2 is 1.97 bits per heavy atom. The predicted molar refractivity (Wildman–Crippen MR) is 122 cm³/mol. The van der Waals surface area contributed by atoms with Gasteiger partial charge in [0.25, 0.3) is 0 Å². The maximum absolute atomic E-state index is 15.1. The fourth-order valence-corrected chi connectivity index (χ4v) is 5.24. The van der Waals surface area contributed by atoms with Gasteiger partial charge in [-0.05, 0) is 43.2 Å². The van der Waals surface area contributed by atoms with Gasteiger partial charge in [-0.15, -0.1) is 10.2 Å². The molecule has 2 aromatic heterocycles. The van der Waals surface area contributed by atoms with Gasteiger partial charge >= 0.3 is 6.01 Å². The summed E-state index contributed by atoms with van der Waals surface area (Å²) in [6.45, 7) is 0. The first-order chi connectivity index (χ1) is 16.4. The van der Waals surface area contributed by atoms with E-state index in [-0.39, 0.29) is 35.2 Å². The molecule has 2 fully saturated rings. The van der Waals surface area contributed by atoms with Gasteiger partial charge < -0.3 is 14.7 Å². The summed E-state index contributed by atoms with van der Waals surface area (Å²) in [6.07, 6.45) is 6.68. The smallest absolute Gasteiger partial charge is 0.316 e. The van der Waals surface area contributed by atoms with Crippen molar-refractivity contribution in [2.24, 2.45) is 11.8 Å². The Morgan fingerprint density at radius 3 is 2.71 bits per heavy atom. The molecule has 2 heterocycles. The first-order valence-corrected chi connectivity index (χ1v) is 11.4. The van der Waals surface area contributed by atoms with Crippen molar-refractivity contribution >= 4 is 5.82 Å². The zero-order valence-corrected chi connectivity index (χ0v) is 19.0. The molecule has 3 aromatic rings. The molecule has 178 valence electrons. The van der Waals surface area contributed by atoms with Gasteiger partial charge in [-0.25, -0.2) is 18.7 Å². The standard InChI is InChI=1S/C24H26F2N6O2/c1-32(18-9-13-4-3-5-14(8-13)21(18)26)20-12-27-23(31-30-20)16-7-6-15(10-19(16)33)22-17(25)11-28-24(29-22)34-2/h6-7,10-14,18,21,33H,3-5,8-9H2,1-2H3/t13-,14+,18+,21-/m1/s1. The van der Waals surface area contributed by atoms with Gasteiger partial charge in [0, 0.05) is 12.6 Å². The van der Waals surface area contributed by atoms with E-state index in [0.717, 1.165) is 38.3 Å². The maximum Gasteiger partial charge on any atom is 0.316 e. The third-order valence-corrected chi connectivity index (χ3v) is 7.04. The highest BCUT2D eigenvalue weighted by molar-refractivity contribution is 5.71. The van der Waals surface area contributed by atoms with Crippen LogP contribution in [0.4, 0.5) is 14.6 Å². The van der Waals surface area contributed by atoms with Crippen molar-refractivity contribution in [3.05, 3.63) is 36.4 Å². The molecule has 4 atom stereocenters. The molecule has 0 saturated heterocycles. The number of alkyl halides is 1. The number of ether oxygens (including phenoxy) is 1. The summed E-state index contributed by atoms with van der Waals surface area (Å²) in [5, 5.41) is 19.0. The minimum absolute atomic E-state index is 0.00254. The average molecular weight is 469 g/mol. The number of halogens is 2. The molecular formula is C24H26F2N6O2. The van der Waals surface area contributed by atoms with Crippen molar-refractivity contribution in [2.45, 2.75) is 44.3 Å². The monoisotopic (exact) mass is 468 g/mol. The molecule has 1 aromatic carbocycles.